The molecule has 0 amide bonds. The van der Waals surface area contributed by atoms with Gasteiger partial charge in [-0.05, 0) is 42.9 Å². The highest BCUT2D eigenvalue weighted by atomic mass is 32.2. The molecule has 3 heterocycles. The lowest BCUT2D eigenvalue weighted by Gasteiger charge is -2.17. The minimum atomic E-state index is -0.0509. The highest BCUT2D eigenvalue weighted by molar-refractivity contribution is 7.99. The molecule has 1 aliphatic carbocycles. The van der Waals surface area contributed by atoms with Gasteiger partial charge in [-0.1, -0.05) is 67.2 Å². The van der Waals surface area contributed by atoms with Crippen LogP contribution < -0.4 is 5.56 Å². The maximum absolute atomic E-state index is 13.8. The number of thioether (sulfide) groups is 1. The number of aryl methyl sites for hydroxylation is 1. The van der Waals surface area contributed by atoms with Gasteiger partial charge in [0.05, 0.1) is 16.8 Å². The number of nitrogens with zero attached hydrogens (tertiary/aromatic N) is 4. The predicted octanol–water partition coefficient (Wildman–Crippen LogP) is 5.19. The Bertz CT molecular complexity index is 1590. The molecular weight excluding hydrogens is 464 g/mol. The Hall–Kier alpha value is -3.23. The van der Waals surface area contributed by atoms with E-state index in [1.807, 2.05) is 65.1 Å². The first-order valence-electron chi connectivity index (χ1n) is 11.3. The summed E-state index contributed by atoms with van der Waals surface area (Å²) in [5, 5.41) is 10.2. The maximum Gasteiger partial charge on any atom is 0.268 e. The van der Waals surface area contributed by atoms with Gasteiger partial charge in [0.1, 0.15) is 4.83 Å². The van der Waals surface area contributed by atoms with Crippen molar-refractivity contribution in [2.24, 2.45) is 5.92 Å². The molecule has 0 aliphatic heterocycles. The van der Waals surface area contributed by atoms with Crippen molar-refractivity contribution in [3.05, 3.63) is 87.0 Å². The fraction of sp³-hybridized carbons (Fsp3) is 0.231. The number of benzene rings is 2. The molecule has 0 saturated heterocycles. The van der Waals surface area contributed by atoms with Crippen molar-refractivity contribution in [1.82, 2.24) is 19.2 Å². The highest BCUT2D eigenvalue weighted by Gasteiger charge is 2.27. The van der Waals surface area contributed by atoms with Gasteiger partial charge >= 0.3 is 0 Å². The molecule has 0 spiro atoms. The molecule has 1 unspecified atom stereocenters. The van der Waals surface area contributed by atoms with E-state index in [1.54, 1.807) is 15.9 Å². The number of carbonyl (C=O) groups is 1. The van der Waals surface area contributed by atoms with Gasteiger partial charge in [-0.2, -0.15) is 0 Å². The summed E-state index contributed by atoms with van der Waals surface area (Å²) in [5.74, 6) is 1.36. The molecule has 6 nitrogen and oxygen atoms in total. The molecule has 0 fully saturated rings. The summed E-state index contributed by atoms with van der Waals surface area (Å²) >= 11 is 3.03. The van der Waals surface area contributed by atoms with Crippen LogP contribution in [0.1, 0.15) is 34.1 Å². The van der Waals surface area contributed by atoms with Crippen LogP contribution >= 0.6 is 23.1 Å². The van der Waals surface area contributed by atoms with Gasteiger partial charge in [-0.25, -0.2) is 8.97 Å². The van der Waals surface area contributed by atoms with Gasteiger partial charge in [0, 0.05) is 10.4 Å². The van der Waals surface area contributed by atoms with Crippen LogP contribution in [0.4, 0.5) is 0 Å². The Kier molecular flexibility index (Phi) is 5.34. The first kappa shape index (κ1) is 21.3. The van der Waals surface area contributed by atoms with Crippen LogP contribution in [-0.2, 0) is 12.8 Å². The Morgan fingerprint density at radius 1 is 1.09 bits per heavy atom. The van der Waals surface area contributed by atoms with Crippen LogP contribution in [0.2, 0.25) is 0 Å². The van der Waals surface area contributed by atoms with Gasteiger partial charge in [0.2, 0.25) is 5.78 Å². The van der Waals surface area contributed by atoms with Crippen LogP contribution in [0.3, 0.4) is 0 Å². The molecule has 170 valence electrons. The Morgan fingerprint density at radius 2 is 1.82 bits per heavy atom. The first-order valence-corrected chi connectivity index (χ1v) is 13.1. The van der Waals surface area contributed by atoms with Gasteiger partial charge in [-0.3, -0.25) is 9.59 Å². The molecular formula is C26H22N4O2S2. The highest BCUT2D eigenvalue weighted by Crippen LogP contribution is 2.38. The number of aromatic nitrogens is 4. The molecule has 3 aromatic heterocycles. The van der Waals surface area contributed by atoms with E-state index >= 15 is 0 Å². The van der Waals surface area contributed by atoms with Crippen LogP contribution in [0.5, 0.6) is 0 Å². The predicted molar refractivity (Wildman–Crippen MR) is 137 cm³/mol. The Balaban J connectivity index is 1.54. The maximum atomic E-state index is 13.8. The van der Waals surface area contributed by atoms with Crippen molar-refractivity contribution in [3.8, 4) is 5.69 Å². The van der Waals surface area contributed by atoms with Crippen molar-refractivity contribution < 1.29 is 4.79 Å². The van der Waals surface area contributed by atoms with E-state index in [0.29, 0.717) is 22.4 Å². The second-order valence-electron chi connectivity index (χ2n) is 8.70. The zero-order chi connectivity index (χ0) is 23.2. The Morgan fingerprint density at radius 3 is 2.59 bits per heavy atom. The largest absolute Gasteiger partial charge is 0.293 e. The number of hydrogen-bond acceptors (Lipinski definition) is 6. The van der Waals surface area contributed by atoms with Crippen LogP contribution in [0.25, 0.3) is 21.7 Å². The van der Waals surface area contributed by atoms with E-state index in [1.165, 1.54) is 22.2 Å². The second kappa shape index (κ2) is 8.52. The summed E-state index contributed by atoms with van der Waals surface area (Å²) in [6, 6.07) is 18.9. The fourth-order valence-electron chi connectivity index (χ4n) is 4.64. The molecule has 8 heteroatoms. The number of rotatable bonds is 5. The summed E-state index contributed by atoms with van der Waals surface area (Å²) < 4.78 is 3.63. The lowest BCUT2D eigenvalue weighted by atomic mass is 9.89. The molecule has 0 bridgehead atoms. The third kappa shape index (κ3) is 3.49. The molecule has 5 aromatic rings. The Labute approximate surface area is 204 Å². The van der Waals surface area contributed by atoms with Crippen molar-refractivity contribution in [1.29, 1.82) is 0 Å². The molecule has 6 rings (SSSR count). The third-order valence-corrected chi connectivity index (χ3v) is 8.54. The minimum Gasteiger partial charge on any atom is -0.293 e. The second-order valence-corrected chi connectivity index (χ2v) is 10.7. The minimum absolute atomic E-state index is 0.0364. The molecule has 34 heavy (non-hydrogen) atoms. The average molecular weight is 487 g/mol. The monoisotopic (exact) mass is 486 g/mol. The standard InChI is InChI=1S/C26H22N4O2S2/c1-16-12-13-19-21(14-16)34-24-22(19)23(32)29(18-10-6-3-7-11-18)25-27-28-26(30(24)25)33-15-20(31)17-8-4-2-5-9-17/h2-11,16H,12-15H2,1H3. The van der Waals surface area contributed by atoms with E-state index in [2.05, 4.69) is 17.1 Å². The quantitative estimate of drug-likeness (QED) is 0.252. The smallest absolute Gasteiger partial charge is 0.268 e. The zero-order valence-corrected chi connectivity index (χ0v) is 20.2. The van der Waals surface area contributed by atoms with Crippen LogP contribution in [0, 0.1) is 5.92 Å². The SMILES string of the molecule is CC1CCc2c(sc3c2c(=O)n(-c2ccccc2)c2nnc(SCC(=O)c4ccccc4)n32)C1. The normalized spacial score (nSPS) is 15.6. The molecule has 0 radical (unpaired) electrons. The summed E-state index contributed by atoms with van der Waals surface area (Å²) in [6.07, 6.45) is 2.97. The fourth-order valence-corrected chi connectivity index (χ4v) is 7.03. The number of ketones is 1. The van der Waals surface area contributed by atoms with Crippen LogP contribution in [-0.4, -0.2) is 30.7 Å². The van der Waals surface area contributed by atoms with Gasteiger partial charge < -0.3 is 0 Å². The summed E-state index contributed by atoms with van der Waals surface area (Å²) in [6.45, 7) is 2.26. The van der Waals surface area contributed by atoms with Crippen LogP contribution in [0.15, 0.2) is 70.6 Å². The van der Waals surface area contributed by atoms with Crippen molar-refractivity contribution in [2.45, 2.75) is 31.3 Å². The van der Waals surface area contributed by atoms with E-state index in [-0.39, 0.29) is 17.1 Å². The summed E-state index contributed by atoms with van der Waals surface area (Å²) in [4.78, 5) is 28.8. The number of hydrogen-bond donors (Lipinski definition) is 0. The molecule has 1 aliphatic rings. The van der Waals surface area contributed by atoms with Gasteiger partial charge in [0.25, 0.3) is 5.56 Å². The third-order valence-electron chi connectivity index (χ3n) is 6.37. The molecule has 0 N–H and O–H groups in total. The van der Waals surface area contributed by atoms with E-state index in [9.17, 15) is 9.59 Å². The number of para-hydroxylation sites is 1. The van der Waals surface area contributed by atoms with Crippen molar-refractivity contribution >= 4 is 44.9 Å². The van der Waals surface area contributed by atoms with Gasteiger partial charge in [-0.15, -0.1) is 21.5 Å². The van der Waals surface area contributed by atoms with Crippen molar-refractivity contribution in [3.63, 3.8) is 0 Å². The van der Waals surface area contributed by atoms with E-state index in [0.717, 1.165) is 35.2 Å². The lowest BCUT2D eigenvalue weighted by molar-refractivity contribution is 0.102. The van der Waals surface area contributed by atoms with E-state index < -0.39 is 0 Å². The molecule has 1 atom stereocenters. The summed E-state index contributed by atoms with van der Waals surface area (Å²) in [7, 11) is 0. The zero-order valence-electron chi connectivity index (χ0n) is 18.6. The topological polar surface area (TPSA) is 69.3 Å². The number of fused-ring (bicyclic) bond motifs is 5. The number of thiophene rings is 1. The van der Waals surface area contributed by atoms with Crippen molar-refractivity contribution in [2.75, 3.05) is 5.75 Å². The van der Waals surface area contributed by atoms with E-state index in [4.69, 9.17) is 0 Å². The number of Topliss-reactive ketones (excluding diaryl/α,β-unsaturated/α-hetero) is 1. The average Bonchev–Trinajstić information content (AvgIpc) is 3.45. The summed E-state index contributed by atoms with van der Waals surface area (Å²) in [5.41, 5.74) is 2.55. The van der Waals surface area contributed by atoms with Gasteiger partial charge in [0.15, 0.2) is 10.9 Å². The lowest BCUT2D eigenvalue weighted by Crippen LogP contribution is -2.22. The first-order chi connectivity index (χ1) is 16.6. The molecule has 0 saturated carbocycles. The number of carbonyl (C=O) groups excluding carboxylic acids is 1. The molecule has 2 aromatic carbocycles.